The van der Waals surface area contributed by atoms with E-state index in [0.717, 1.165) is 24.2 Å². The van der Waals surface area contributed by atoms with Gasteiger partial charge in [0, 0.05) is 7.11 Å². The molecule has 2 N–H and O–H groups in total. The summed E-state index contributed by atoms with van der Waals surface area (Å²) < 4.78 is 10.9. The quantitative estimate of drug-likeness (QED) is 0.863. The Hall–Kier alpha value is -1.75. The van der Waals surface area contributed by atoms with Gasteiger partial charge in [0.05, 0.1) is 23.5 Å². The molecule has 2 unspecified atom stereocenters. The average molecular weight is 320 g/mol. The summed E-state index contributed by atoms with van der Waals surface area (Å²) in [7, 11) is 1.76. The molecule has 0 heterocycles. The van der Waals surface area contributed by atoms with Crippen LogP contribution in [0.15, 0.2) is 24.3 Å². The number of benzene rings is 1. The van der Waals surface area contributed by atoms with Gasteiger partial charge >= 0.3 is 6.09 Å². The highest BCUT2D eigenvalue weighted by atomic mass is 16.6. The fraction of sp³-hybridized carbons (Fsp3) is 0.611. The molecule has 1 aliphatic rings. The molecule has 1 aromatic carbocycles. The van der Waals surface area contributed by atoms with Crippen LogP contribution in [0.2, 0.25) is 0 Å². The van der Waals surface area contributed by atoms with Gasteiger partial charge in [-0.3, -0.25) is 5.32 Å². The molecule has 2 atom stereocenters. The minimum Gasteiger partial charge on any atom is -0.444 e. The van der Waals surface area contributed by atoms with Crippen molar-refractivity contribution < 1.29 is 14.3 Å². The number of rotatable bonds is 4. The highest BCUT2D eigenvalue weighted by molar-refractivity contribution is 5.89. The minimum absolute atomic E-state index is 0.207. The molecule has 23 heavy (non-hydrogen) atoms. The SMILES string of the molecule is COC1CCCCC1Nc1ccccc1NC(=O)OC(C)(C)C. The predicted octanol–water partition coefficient (Wildman–Crippen LogP) is 4.40. The Balaban J connectivity index is 2.06. The van der Waals surface area contributed by atoms with Crippen molar-refractivity contribution in [3.05, 3.63) is 24.3 Å². The van der Waals surface area contributed by atoms with Crippen molar-refractivity contribution in [3.63, 3.8) is 0 Å². The van der Waals surface area contributed by atoms with E-state index in [4.69, 9.17) is 9.47 Å². The number of carbonyl (C=O) groups is 1. The van der Waals surface area contributed by atoms with Gasteiger partial charge in [0.25, 0.3) is 0 Å². The van der Waals surface area contributed by atoms with E-state index < -0.39 is 11.7 Å². The fourth-order valence-corrected chi connectivity index (χ4v) is 2.88. The maximum absolute atomic E-state index is 12.0. The monoisotopic (exact) mass is 320 g/mol. The second kappa shape index (κ2) is 7.68. The van der Waals surface area contributed by atoms with Crippen LogP contribution in [0, 0.1) is 0 Å². The Morgan fingerprint density at radius 2 is 1.78 bits per heavy atom. The first-order chi connectivity index (χ1) is 10.9. The normalized spacial score (nSPS) is 21.6. The van der Waals surface area contributed by atoms with Crippen molar-refractivity contribution in [2.45, 2.75) is 64.2 Å². The first-order valence-corrected chi connectivity index (χ1v) is 8.27. The summed E-state index contributed by atoms with van der Waals surface area (Å²) in [6.45, 7) is 5.55. The molecule has 0 aromatic heterocycles. The number of ether oxygens (including phenoxy) is 2. The first kappa shape index (κ1) is 17.6. The maximum atomic E-state index is 12.0. The van der Waals surface area contributed by atoms with E-state index >= 15 is 0 Å². The molecule has 2 rings (SSSR count). The summed E-state index contributed by atoms with van der Waals surface area (Å²) in [6.07, 6.45) is 4.29. The fourth-order valence-electron chi connectivity index (χ4n) is 2.88. The number of para-hydroxylation sites is 2. The first-order valence-electron chi connectivity index (χ1n) is 8.27. The van der Waals surface area contributed by atoms with Gasteiger partial charge in [0.2, 0.25) is 0 Å². The molecular weight excluding hydrogens is 292 g/mol. The zero-order valence-electron chi connectivity index (χ0n) is 14.5. The van der Waals surface area contributed by atoms with Crippen molar-refractivity contribution in [2.75, 3.05) is 17.7 Å². The summed E-state index contributed by atoms with van der Waals surface area (Å²) in [5.74, 6) is 0. The van der Waals surface area contributed by atoms with Crippen molar-refractivity contribution >= 4 is 17.5 Å². The number of hydrogen-bond donors (Lipinski definition) is 2. The van der Waals surface area contributed by atoms with Gasteiger partial charge in [-0.25, -0.2) is 4.79 Å². The molecular formula is C18H28N2O3. The van der Waals surface area contributed by atoms with Crippen LogP contribution in [-0.4, -0.2) is 30.9 Å². The highest BCUT2D eigenvalue weighted by Crippen LogP contribution is 2.28. The molecule has 1 fully saturated rings. The molecule has 0 aliphatic heterocycles. The second-order valence-corrected chi connectivity index (χ2v) is 6.98. The topological polar surface area (TPSA) is 59.6 Å². The summed E-state index contributed by atoms with van der Waals surface area (Å²) >= 11 is 0. The summed E-state index contributed by atoms with van der Waals surface area (Å²) in [4.78, 5) is 12.0. The van der Waals surface area contributed by atoms with Gasteiger partial charge in [0.1, 0.15) is 5.60 Å². The lowest BCUT2D eigenvalue weighted by molar-refractivity contribution is 0.0606. The van der Waals surface area contributed by atoms with Crippen molar-refractivity contribution in [1.82, 2.24) is 0 Å². The molecule has 5 nitrogen and oxygen atoms in total. The van der Waals surface area contributed by atoms with Crippen LogP contribution in [0.5, 0.6) is 0 Å². The zero-order valence-corrected chi connectivity index (χ0v) is 14.5. The standard InChI is InChI=1S/C18H28N2O3/c1-18(2,3)23-17(21)20-14-10-6-5-9-13(14)19-15-11-7-8-12-16(15)22-4/h5-6,9-10,15-16,19H,7-8,11-12H2,1-4H3,(H,20,21). The third-order valence-electron chi connectivity index (χ3n) is 3.91. The molecule has 5 heteroatoms. The van der Waals surface area contributed by atoms with E-state index in [1.807, 2.05) is 45.0 Å². The smallest absolute Gasteiger partial charge is 0.412 e. The van der Waals surface area contributed by atoms with E-state index in [0.29, 0.717) is 0 Å². The van der Waals surface area contributed by atoms with Gasteiger partial charge in [-0.15, -0.1) is 0 Å². The van der Waals surface area contributed by atoms with Crippen LogP contribution in [0.3, 0.4) is 0 Å². The van der Waals surface area contributed by atoms with Crippen LogP contribution in [0.1, 0.15) is 46.5 Å². The Kier molecular flexibility index (Phi) is 5.88. The lowest BCUT2D eigenvalue weighted by Crippen LogP contribution is -2.38. The van der Waals surface area contributed by atoms with Gasteiger partial charge in [-0.2, -0.15) is 0 Å². The lowest BCUT2D eigenvalue weighted by atomic mass is 9.92. The van der Waals surface area contributed by atoms with Crippen LogP contribution in [0.25, 0.3) is 0 Å². The third kappa shape index (κ3) is 5.43. The Morgan fingerprint density at radius 3 is 2.43 bits per heavy atom. The van der Waals surface area contributed by atoms with Gasteiger partial charge in [0.15, 0.2) is 0 Å². The van der Waals surface area contributed by atoms with Crippen molar-refractivity contribution in [2.24, 2.45) is 0 Å². The van der Waals surface area contributed by atoms with Crippen LogP contribution in [-0.2, 0) is 9.47 Å². The number of amides is 1. The van der Waals surface area contributed by atoms with Gasteiger partial charge in [-0.1, -0.05) is 25.0 Å². The molecule has 0 saturated heterocycles. The van der Waals surface area contributed by atoms with Gasteiger partial charge in [-0.05, 0) is 45.7 Å². The minimum atomic E-state index is -0.517. The molecule has 0 bridgehead atoms. The predicted molar refractivity (Wildman–Crippen MR) is 93.0 cm³/mol. The molecule has 1 aromatic rings. The van der Waals surface area contributed by atoms with E-state index in [9.17, 15) is 4.79 Å². The number of nitrogens with one attached hydrogen (secondary N) is 2. The zero-order chi connectivity index (χ0) is 16.9. The second-order valence-electron chi connectivity index (χ2n) is 6.98. The van der Waals surface area contributed by atoms with Crippen LogP contribution in [0.4, 0.5) is 16.2 Å². The largest absolute Gasteiger partial charge is 0.444 e. The number of methoxy groups -OCH3 is 1. The maximum Gasteiger partial charge on any atom is 0.412 e. The summed E-state index contributed by atoms with van der Waals surface area (Å²) in [5, 5.41) is 6.35. The highest BCUT2D eigenvalue weighted by Gasteiger charge is 2.25. The van der Waals surface area contributed by atoms with Crippen LogP contribution < -0.4 is 10.6 Å². The molecule has 128 valence electrons. The van der Waals surface area contributed by atoms with E-state index in [-0.39, 0.29) is 12.1 Å². The lowest BCUT2D eigenvalue weighted by Gasteiger charge is -2.32. The van der Waals surface area contributed by atoms with Gasteiger partial charge < -0.3 is 14.8 Å². The molecule has 0 radical (unpaired) electrons. The summed E-state index contributed by atoms with van der Waals surface area (Å²) in [6, 6.07) is 7.94. The van der Waals surface area contributed by atoms with E-state index in [1.54, 1.807) is 7.11 Å². The number of carbonyl (C=O) groups excluding carboxylic acids is 1. The average Bonchev–Trinajstić information content (AvgIpc) is 2.48. The summed E-state index contributed by atoms with van der Waals surface area (Å²) in [5.41, 5.74) is 1.10. The van der Waals surface area contributed by atoms with E-state index in [1.165, 1.54) is 12.8 Å². The number of hydrogen-bond acceptors (Lipinski definition) is 4. The molecule has 1 amide bonds. The van der Waals surface area contributed by atoms with Crippen molar-refractivity contribution in [3.8, 4) is 0 Å². The Morgan fingerprint density at radius 1 is 1.13 bits per heavy atom. The Bertz CT molecular complexity index is 525. The Labute approximate surface area is 138 Å². The third-order valence-corrected chi connectivity index (χ3v) is 3.91. The van der Waals surface area contributed by atoms with E-state index in [2.05, 4.69) is 10.6 Å². The molecule has 1 saturated carbocycles. The molecule has 0 spiro atoms. The molecule has 1 aliphatic carbocycles. The van der Waals surface area contributed by atoms with Crippen LogP contribution >= 0.6 is 0 Å². The van der Waals surface area contributed by atoms with Crippen molar-refractivity contribution in [1.29, 1.82) is 0 Å². The number of anilines is 2.